The van der Waals surface area contributed by atoms with E-state index >= 15 is 0 Å². The van der Waals surface area contributed by atoms with Crippen LogP contribution in [0.1, 0.15) is 26.3 Å². The maximum Gasteiger partial charge on any atom is 0.119 e. The van der Waals surface area contributed by atoms with Crippen LogP contribution in [0.25, 0.3) is 0 Å². The zero-order chi connectivity index (χ0) is 14.3. The molecule has 0 aliphatic rings. The summed E-state index contributed by atoms with van der Waals surface area (Å²) in [6.07, 6.45) is 0. The Balaban J connectivity index is 2.49. The summed E-state index contributed by atoms with van der Waals surface area (Å²) in [4.78, 5) is 2.23. The third-order valence-corrected chi connectivity index (χ3v) is 3.17. The molecule has 1 aromatic carbocycles. The van der Waals surface area contributed by atoms with Crippen LogP contribution in [0.2, 0.25) is 0 Å². The van der Waals surface area contributed by atoms with Crippen molar-refractivity contribution in [3.63, 3.8) is 0 Å². The molecule has 0 fully saturated rings. The highest BCUT2D eigenvalue weighted by Crippen LogP contribution is 2.12. The lowest BCUT2D eigenvalue weighted by molar-refractivity contribution is 0.288. The van der Waals surface area contributed by atoms with Gasteiger partial charge in [0.2, 0.25) is 0 Å². The van der Waals surface area contributed by atoms with E-state index in [2.05, 4.69) is 50.3 Å². The van der Waals surface area contributed by atoms with Gasteiger partial charge in [0.15, 0.2) is 0 Å². The van der Waals surface area contributed by atoms with Crippen LogP contribution in [-0.4, -0.2) is 38.2 Å². The highest BCUT2D eigenvalue weighted by Gasteiger charge is 2.13. The molecular formula is C16H28N2O. The van der Waals surface area contributed by atoms with E-state index in [0.29, 0.717) is 12.0 Å². The third kappa shape index (κ3) is 6.08. The monoisotopic (exact) mass is 264 g/mol. The highest BCUT2D eigenvalue weighted by atomic mass is 16.5. The molecule has 1 rings (SSSR count). The van der Waals surface area contributed by atoms with Crippen LogP contribution in [0.15, 0.2) is 24.3 Å². The van der Waals surface area contributed by atoms with Gasteiger partial charge in [-0.2, -0.15) is 0 Å². The second kappa shape index (κ2) is 8.18. The minimum absolute atomic E-state index is 0.515. The largest absolute Gasteiger partial charge is 0.494 e. The van der Waals surface area contributed by atoms with Gasteiger partial charge in [-0.1, -0.05) is 26.0 Å². The van der Waals surface area contributed by atoms with Crippen LogP contribution in [0.3, 0.4) is 0 Å². The Labute approximate surface area is 118 Å². The van der Waals surface area contributed by atoms with Crippen molar-refractivity contribution in [2.45, 2.75) is 33.4 Å². The minimum Gasteiger partial charge on any atom is -0.494 e. The molecule has 3 heteroatoms. The van der Waals surface area contributed by atoms with E-state index in [4.69, 9.17) is 4.74 Å². The van der Waals surface area contributed by atoms with E-state index in [9.17, 15) is 0 Å². The number of nitrogens with one attached hydrogen (secondary N) is 1. The zero-order valence-corrected chi connectivity index (χ0v) is 12.9. The molecule has 1 aromatic rings. The smallest absolute Gasteiger partial charge is 0.119 e. The normalized spacial score (nSPS) is 13.0. The molecule has 1 unspecified atom stereocenters. The van der Waals surface area contributed by atoms with E-state index in [-0.39, 0.29) is 0 Å². The molecule has 0 bridgehead atoms. The number of likely N-dealkylation sites (N-methyl/N-ethyl adjacent to an activating group) is 1. The Kier molecular flexibility index (Phi) is 6.89. The molecular weight excluding hydrogens is 236 g/mol. The summed E-state index contributed by atoms with van der Waals surface area (Å²) in [7, 11) is 4.24. The van der Waals surface area contributed by atoms with Crippen LogP contribution in [0.4, 0.5) is 0 Å². The number of rotatable bonds is 8. The van der Waals surface area contributed by atoms with E-state index in [1.54, 1.807) is 0 Å². The molecule has 1 N–H and O–H groups in total. The van der Waals surface area contributed by atoms with Crippen LogP contribution < -0.4 is 10.1 Å². The van der Waals surface area contributed by atoms with E-state index in [1.807, 2.05) is 19.1 Å². The van der Waals surface area contributed by atoms with Crippen LogP contribution in [-0.2, 0) is 6.54 Å². The summed E-state index contributed by atoms with van der Waals surface area (Å²) >= 11 is 0. The van der Waals surface area contributed by atoms with Crippen molar-refractivity contribution in [3.8, 4) is 5.75 Å². The average molecular weight is 264 g/mol. The molecule has 19 heavy (non-hydrogen) atoms. The zero-order valence-electron chi connectivity index (χ0n) is 12.9. The second-order valence-corrected chi connectivity index (χ2v) is 5.57. The predicted octanol–water partition coefficient (Wildman–Crippen LogP) is 2.76. The molecule has 0 aromatic heterocycles. The molecule has 0 amide bonds. The molecule has 1 atom stereocenters. The number of ether oxygens (including phenoxy) is 1. The fraction of sp³-hybridized carbons (Fsp3) is 0.625. The SMILES string of the molecule is CCOc1ccc(CNC(CN(C)C)C(C)C)cc1. The fourth-order valence-corrected chi connectivity index (χ4v) is 2.02. The van der Waals surface area contributed by atoms with Crippen molar-refractivity contribution < 1.29 is 4.74 Å². The lowest BCUT2D eigenvalue weighted by Crippen LogP contribution is -2.41. The number of hydrogen-bond acceptors (Lipinski definition) is 3. The summed E-state index contributed by atoms with van der Waals surface area (Å²) in [5, 5.41) is 3.64. The molecule has 0 radical (unpaired) electrons. The van der Waals surface area contributed by atoms with Gasteiger partial charge in [0.05, 0.1) is 6.61 Å². The van der Waals surface area contributed by atoms with Gasteiger partial charge in [-0.15, -0.1) is 0 Å². The third-order valence-electron chi connectivity index (χ3n) is 3.17. The Morgan fingerprint density at radius 3 is 2.26 bits per heavy atom. The van der Waals surface area contributed by atoms with Gasteiger partial charge < -0.3 is 15.0 Å². The number of benzene rings is 1. The first-order valence-corrected chi connectivity index (χ1v) is 7.12. The molecule has 108 valence electrons. The molecule has 0 spiro atoms. The number of hydrogen-bond donors (Lipinski definition) is 1. The van der Waals surface area contributed by atoms with Gasteiger partial charge in [0.25, 0.3) is 0 Å². The van der Waals surface area contributed by atoms with Gasteiger partial charge in [-0.3, -0.25) is 0 Å². The summed E-state index contributed by atoms with van der Waals surface area (Å²) in [5.41, 5.74) is 1.30. The molecule has 0 saturated carbocycles. The van der Waals surface area contributed by atoms with Crippen molar-refractivity contribution >= 4 is 0 Å². The molecule has 3 nitrogen and oxygen atoms in total. The van der Waals surface area contributed by atoms with Crippen molar-refractivity contribution in [1.29, 1.82) is 0 Å². The quantitative estimate of drug-likeness (QED) is 0.781. The standard InChI is InChI=1S/C16H28N2O/c1-6-19-15-9-7-14(8-10-15)11-17-16(13(2)3)12-18(4)5/h7-10,13,16-17H,6,11-12H2,1-5H3. The molecule has 0 saturated heterocycles. The first-order chi connectivity index (χ1) is 9.02. The van der Waals surface area contributed by atoms with Crippen molar-refractivity contribution in [1.82, 2.24) is 10.2 Å². The van der Waals surface area contributed by atoms with Crippen LogP contribution in [0, 0.1) is 5.92 Å². The van der Waals surface area contributed by atoms with Gasteiger partial charge >= 0.3 is 0 Å². The highest BCUT2D eigenvalue weighted by molar-refractivity contribution is 5.27. The Hall–Kier alpha value is -1.06. The van der Waals surface area contributed by atoms with Crippen molar-refractivity contribution in [2.75, 3.05) is 27.2 Å². The number of nitrogens with zero attached hydrogens (tertiary/aromatic N) is 1. The van der Waals surface area contributed by atoms with E-state index in [0.717, 1.165) is 25.4 Å². The van der Waals surface area contributed by atoms with Gasteiger partial charge in [0, 0.05) is 19.1 Å². The average Bonchev–Trinajstić information content (AvgIpc) is 2.36. The van der Waals surface area contributed by atoms with Crippen molar-refractivity contribution in [3.05, 3.63) is 29.8 Å². The summed E-state index contributed by atoms with van der Waals surface area (Å²) in [6.45, 7) is 9.22. The molecule has 0 aliphatic heterocycles. The van der Waals surface area contributed by atoms with Crippen LogP contribution in [0.5, 0.6) is 5.75 Å². The summed E-state index contributed by atoms with van der Waals surface area (Å²) in [5.74, 6) is 1.57. The van der Waals surface area contributed by atoms with Crippen molar-refractivity contribution in [2.24, 2.45) is 5.92 Å². The Bertz CT molecular complexity index is 346. The Morgan fingerprint density at radius 1 is 1.16 bits per heavy atom. The summed E-state index contributed by atoms with van der Waals surface area (Å²) < 4.78 is 5.45. The second-order valence-electron chi connectivity index (χ2n) is 5.57. The lowest BCUT2D eigenvalue weighted by Gasteiger charge is -2.25. The van der Waals surface area contributed by atoms with Gasteiger partial charge in [0.1, 0.15) is 5.75 Å². The topological polar surface area (TPSA) is 24.5 Å². The molecule has 0 aliphatic carbocycles. The molecule has 0 heterocycles. The van der Waals surface area contributed by atoms with Crippen LogP contribution >= 0.6 is 0 Å². The van der Waals surface area contributed by atoms with E-state index < -0.39 is 0 Å². The summed E-state index contributed by atoms with van der Waals surface area (Å²) in [6, 6.07) is 8.85. The minimum atomic E-state index is 0.515. The maximum atomic E-state index is 5.45. The Morgan fingerprint density at radius 2 is 1.79 bits per heavy atom. The lowest BCUT2D eigenvalue weighted by atomic mass is 10.0. The van der Waals surface area contributed by atoms with Gasteiger partial charge in [-0.05, 0) is 44.6 Å². The first kappa shape index (κ1) is 16.0. The first-order valence-electron chi connectivity index (χ1n) is 7.12. The predicted molar refractivity (Wildman–Crippen MR) is 81.6 cm³/mol. The van der Waals surface area contributed by atoms with E-state index in [1.165, 1.54) is 5.56 Å². The fourth-order valence-electron chi connectivity index (χ4n) is 2.02. The van der Waals surface area contributed by atoms with Gasteiger partial charge in [-0.25, -0.2) is 0 Å². The maximum absolute atomic E-state index is 5.45.